The predicted molar refractivity (Wildman–Crippen MR) is 80.4 cm³/mol. The van der Waals surface area contributed by atoms with Gasteiger partial charge >= 0.3 is 6.03 Å². The van der Waals surface area contributed by atoms with Crippen LogP contribution in [0.5, 0.6) is 0 Å². The average molecular weight is 336 g/mol. The average Bonchev–Trinajstić information content (AvgIpc) is 2.48. The van der Waals surface area contributed by atoms with E-state index >= 15 is 0 Å². The van der Waals surface area contributed by atoms with E-state index in [1.54, 1.807) is 18.3 Å². The lowest BCUT2D eigenvalue weighted by Gasteiger charge is -2.17. The second-order valence-electron chi connectivity index (χ2n) is 4.11. The van der Waals surface area contributed by atoms with Gasteiger partial charge in [-0.2, -0.15) is 0 Å². The molecule has 6 heteroatoms. The Balaban J connectivity index is 1.97. The second-order valence-corrected chi connectivity index (χ2v) is 5.02. The fourth-order valence-electron chi connectivity index (χ4n) is 1.68. The van der Waals surface area contributed by atoms with Gasteiger partial charge in [-0.1, -0.05) is 30.3 Å². The van der Waals surface area contributed by atoms with Gasteiger partial charge in [0.2, 0.25) is 0 Å². The van der Waals surface area contributed by atoms with Gasteiger partial charge in [0, 0.05) is 10.7 Å². The van der Waals surface area contributed by atoms with Gasteiger partial charge in [-0.15, -0.1) is 0 Å². The third-order valence-corrected chi connectivity index (χ3v) is 3.13. The zero-order chi connectivity index (χ0) is 14.4. The van der Waals surface area contributed by atoms with Crippen LogP contribution in [0.15, 0.2) is 53.1 Å². The Morgan fingerprint density at radius 1 is 1.25 bits per heavy atom. The summed E-state index contributed by atoms with van der Waals surface area (Å²) < 4.78 is 0.834. The quantitative estimate of drug-likeness (QED) is 0.804. The number of amides is 2. The third-order valence-electron chi connectivity index (χ3n) is 2.66. The van der Waals surface area contributed by atoms with Crippen LogP contribution in [-0.4, -0.2) is 22.7 Å². The molecule has 0 saturated heterocycles. The Hall–Kier alpha value is -1.92. The number of aliphatic hydroxyl groups is 1. The molecule has 1 heterocycles. The highest BCUT2D eigenvalue weighted by Gasteiger charge is 2.13. The first-order chi connectivity index (χ1) is 9.69. The first-order valence-electron chi connectivity index (χ1n) is 6.04. The van der Waals surface area contributed by atoms with Crippen molar-refractivity contribution in [2.75, 3.05) is 11.9 Å². The minimum absolute atomic E-state index is 0.175. The number of aromatic nitrogens is 1. The van der Waals surface area contributed by atoms with E-state index in [2.05, 4.69) is 31.5 Å². The number of hydrogen-bond donors (Lipinski definition) is 3. The molecular weight excluding hydrogens is 322 g/mol. The van der Waals surface area contributed by atoms with Gasteiger partial charge < -0.3 is 10.4 Å². The van der Waals surface area contributed by atoms with Crippen molar-refractivity contribution in [2.24, 2.45) is 0 Å². The molecule has 0 bridgehead atoms. The van der Waals surface area contributed by atoms with Crippen LogP contribution in [0.3, 0.4) is 0 Å². The summed E-state index contributed by atoms with van der Waals surface area (Å²) in [6, 6.07) is 11.9. The number of urea groups is 1. The van der Waals surface area contributed by atoms with Crippen molar-refractivity contribution in [1.29, 1.82) is 0 Å². The number of anilines is 1. The second kappa shape index (κ2) is 7.02. The number of aliphatic hydroxyl groups excluding tert-OH is 1. The molecule has 2 rings (SSSR count). The Labute approximate surface area is 125 Å². The highest BCUT2D eigenvalue weighted by atomic mass is 79.9. The Morgan fingerprint density at radius 2 is 2.00 bits per heavy atom. The van der Waals surface area contributed by atoms with E-state index in [1.165, 1.54) is 0 Å². The number of halogens is 1. The predicted octanol–water partition coefficient (Wildman–Crippen LogP) is 2.70. The highest BCUT2D eigenvalue weighted by molar-refractivity contribution is 9.10. The fraction of sp³-hybridized carbons (Fsp3) is 0.143. The summed E-state index contributed by atoms with van der Waals surface area (Å²) in [6.07, 6.45) is 1.59. The molecule has 0 radical (unpaired) electrons. The Kier molecular flexibility index (Phi) is 5.09. The van der Waals surface area contributed by atoms with E-state index in [1.807, 2.05) is 30.3 Å². The van der Waals surface area contributed by atoms with E-state index in [0.717, 1.165) is 10.0 Å². The van der Waals surface area contributed by atoms with Crippen LogP contribution in [0.2, 0.25) is 0 Å². The largest absolute Gasteiger partial charge is 0.394 e. The number of benzene rings is 1. The maximum absolute atomic E-state index is 11.9. The lowest BCUT2D eigenvalue weighted by Crippen LogP contribution is -2.34. The summed E-state index contributed by atoms with van der Waals surface area (Å²) in [6.45, 7) is -0.175. The molecule has 0 spiro atoms. The van der Waals surface area contributed by atoms with Crippen molar-refractivity contribution in [3.05, 3.63) is 58.7 Å². The van der Waals surface area contributed by atoms with Gasteiger partial charge in [-0.05, 0) is 33.6 Å². The van der Waals surface area contributed by atoms with Crippen LogP contribution in [-0.2, 0) is 0 Å². The summed E-state index contributed by atoms with van der Waals surface area (Å²) in [4.78, 5) is 15.9. The molecule has 0 aliphatic rings. The molecule has 104 valence electrons. The monoisotopic (exact) mass is 335 g/mol. The molecule has 1 atom stereocenters. The van der Waals surface area contributed by atoms with E-state index in [-0.39, 0.29) is 6.61 Å². The molecule has 2 aromatic rings. The van der Waals surface area contributed by atoms with Crippen molar-refractivity contribution in [2.45, 2.75) is 6.04 Å². The van der Waals surface area contributed by atoms with Crippen molar-refractivity contribution >= 4 is 27.8 Å². The van der Waals surface area contributed by atoms with Crippen LogP contribution in [0, 0.1) is 0 Å². The number of rotatable bonds is 4. The SMILES string of the molecule is O=C(Nc1ccc(Br)cn1)N[C@H](CO)c1ccccc1. The minimum Gasteiger partial charge on any atom is -0.394 e. The first kappa shape index (κ1) is 14.5. The fourth-order valence-corrected chi connectivity index (χ4v) is 1.91. The van der Waals surface area contributed by atoms with E-state index in [4.69, 9.17) is 0 Å². The molecule has 3 N–H and O–H groups in total. The number of nitrogens with one attached hydrogen (secondary N) is 2. The van der Waals surface area contributed by atoms with E-state index in [0.29, 0.717) is 5.82 Å². The van der Waals surface area contributed by atoms with Gasteiger partial charge in [0.1, 0.15) is 5.82 Å². The van der Waals surface area contributed by atoms with E-state index in [9.17, 15) is 9.90 Å². The molecule has 0 saturated carbocycles. The topological polar surface area (TPSA) is 74.2 Å². The molecule has 20 heavy (non-hydrogen) atoms. The number of pyridine rings is 1. The highest BCUT2D eigenvalue weighted by Crippen LogP contribution is 2.13. The number of carbonyl (C=O) groups excluding carboxylic acids is 1. The zero-order valence-electron chi connectivity index (χ0n) is 10.6. The molecule has 2 amide bonds. The summed E-state index contributed by atoms with van der Waals surface area (Å²) in [5.74, 6) is 0.440. The van der Waals surface area contributed by atoms with Gasteiger partial charge in [0.15, 0.2) is 0 Å². The number of nitrogens with zero attached hydrogens (tertiary/aromatic N) is 1. The maximum atomic E-state index is 11.9. The molecule has 0 aliphatic heterocycles. The summed E-state index contributed by atoms with van der Waals surface area (Å²) in [7, 11) is 0. The van der Waals surface area contributed by atoms with Crippen molar-refractivity contribution < 1.29 is 9.90 Å². The summed E-state index contributed by atoms with van der Waals surface area (Å²) in [5.41, 5.74) is 0.842. The van der Waals surface area contributed by atoms with Gasteiger partial charge in [0.05, 0.1) is 12.6 Å². The molecule has 0 fully saturated rings. The molecule has 0 aliphatic carbocycles. The zero-order valence-corrected chi connectivity index (χ0v) is 12.2. The van der Waals surface area contributed by atoms with Crippen molar-refractivity contribution in [1.82, 2.24) is 10.3 Å². The van der Waals surface area contributed by atoms with Crippen LogP contribution >= 0.6 is 15.9 Å². The standard InChI is InChI=1S/C14H14BrN3O2/c15-11-6-7-13(16-8-11)18-14(20)17-12(9-19)10-4-2-1-3-5-10/h1-8,12,19H,9H2,(H2,16,17,18,20)/t12-/m1/s1. The van der Waals surface area contributed by atoms with Crippen LogP contribution in [0.25, 0.3) is 0 Å². The number of carbonyl (C=O) groups is 1. The molecule has 1 aromatic heterocycles. The van der Waals surface area contributed by atoms with Gasteiger partial charge in [0.25, 0.3) is 0 Å². The minimum atomic E-state index is -0.452. The van der Waals surface area contributed by atoms with Crippen LogP contribution < -0.4 is 10.6 Å². The van der Waals surface area contributed by atoms with Crippen LogP contribution in [0.1, 0.15) is 11.6 Å². The third kappa shape index (κ3) is 4.04. The van der Waals surface area contributed by atoms with Crippen LogP contribution in [0.4, 0.5) is 10.6 Å². The van der Waals surface area contributed by atoms with E-state index < -0.39 is 12.1 Å². The van der Waals surface area contributed by atoms with Gasteiger partial charge in [-0.25, -0.2) is 9.78 Å². The first-order valence-corrected chi connectivity index (χ1v) is 6.83. The molecule has 5 nitrogen and oxygen atoms in total. The smallest absolute Gasteiger partial charge is 0.320 e. The lowest BCUT2D eigenvalue weighted by molar-refractivity contribution is 0.225. The molecule has 1 aromatic carbocycles. The lowest BCUT2D eigenvalue weighted by atomic mass is 10.1. The Morgan fingerprint density at radius 3 is 2.60 bits per heavy atom. The number of hydrogen-bond acceptors (Lipinski definition) is 3. The molecule has 0 unspecified atom stereocenters. The summed E-state index contributed by atoms with van der Waals surface area (Å²) >= 11 is 3.27. The van der Waals surface area contributed by atoms with Gasteiger partial charge in [-0.3, -0.25) is 5.32 Å². The summed E-state index contributed by atoms with van der Waals surface area (Å²) in [5, 5.41) is 14.7. The maximum Gasteiger partial charge on any atom is 0.320 e. The normalized spacial score (nSPS) is 11.7. The molecular formula is C14H14BrN3O2. The van der Waals surface area contributed by atoms with Crippen molar-refractivity contribution in [3.63, 3.8) is 0 Å². The van der Waals surface area contributed by atoms with Crippen molar-refractivity contribution in [3.8, 4) is 0 Å². The Bertz CT molecular complexity index is 560.